The molecule has 1 amide bonds. The predicted molar refractivity (Wildman–Crippen MR) is 46.9 cm³/mol. The molecule has 0 radical (unpaired) electrons. The molecule has 0 aliphatic rings. The van der Waals surface area contributed by atoms with E-state index in [2.05, 4.69) is 4.98 Å². The van der Waals surface area contributed by atoms with Crippen LogP contribution in [0.1, 0.15) is 17.4 Å². The number of nitrogens with two attached hydrogens (primary N) is 1. The van der Waals surface area contributed by atoms with Crippen LogP contribution in [0.3, 0.4) is 0 Å². The first-order valence-electron chi connectivity index (χ1n) is 3.87. The molecule has 68 valence electrons. The zero-order valence-electron chi connectivity index (χ0n) is 7.23. The molecule has 1 aromatic rings. The summed E-state index contributed by atoms with van der Waals surface area (Å²) < 4.78 is 0. The van der Waals surface area contributed by atoms with Crippen molar-refractivity contribution < 1.29 is 9.59 Å². The molecule has 0 aromatic carbocycles. The number of amides is 1. The van der Waals surface area contributed by atoms with Gasteiger partial charge in [-0.1, -0.05) is 6.07 Å². The SMILES string of the molecule is CC(C(N)=O)C(=O)c1ccccn1. The fourth-order valence-electron chi connectivity index (χ4n) is 0.860. The zero-order chi connectivity index (χ0) is 9.84. The van der Waals surface area contributed by atoms with Crippen LogP contribution in [0.5, 0.6) is 0 Å². The Labute approximate surface area is 75.8 Å². The largest absolute Gasteiger partial charge is 0.369 e. The van der Waals surface area contributed by atoms with Gasteiger partial charge in [-0.2, -0.15) is 0 Å². The van der Waals surface area contributed by atoms with Crippen molar-refractivity contribution in [3.8, 4) is 0 Å². The third kappa shape index (κ3) is 2.11. The molecular weight excluding hydrogens is 168 g/mol. The van der Waals surface area contributed by atoms with Crippen molar-refractivity contribution in [2.45, 2.75) is 6.92 Å². The fraction of sp³-hybridized carbons (Fsp3) is 0.222. The summed E-state index contributed by atoms with van der Waals surface area (Å²) >= 11 is 0. The molecule has 0 saturated heterocycles. The lowest BCUT2D eigenvalue weighted by atomic mass is 10.0. The Bertz CT molecular complexity index is 322. The van der Waals surface area contributed by atoms with Gasteiger partial charge in [-0.3, -0.25) is 14.6 Å². The number of pyridine rings is 1. The van der Waals surface area contributed by atoms with Gasteiger partial charge >= 0.3 is 0 Å². The molecule has 0 aliphatic carbocycles. The van der Waals surface area contributed by atoms with Crippen molar-refractivity contribution in [3.63, 3.8) is 0 Å². The van der Waals surface area contributed by atoms with Gasteiger partial charge in [-0.05, 0) is 19.1 Å². The lowest BCUT2D eigenvalue weighted by molar-refractivity contribution is -0.120. The van der Waals surface area contributed by atoms with Gasteiger partial charge in [0.15, 0.2) is 5.78 Å². The quantitative estimate of drug-likeness (QED) is 0.537. The summed E-state index contributed by atoms with van der Waals surface area (Å²) in [7, 11) is 0. The third-order valence-electron chi connectivity index (χ3n) is 1.74. The number of rotatable bonds is 3. The molecule has 0 bridgehead atoms. The van der Waals surface area contributed by atoms with Gasteiger partial charge in [-0.15, -0.1) is 0 Å². The van der Waals surface area contributed by atoms with Crippen LogP contribution in [-0.4, -0.2) is 16.7 Å². The highest BCUT2D eigenvalue weighted by molar-refractivity contribution is 6.08. The van der Waals surface area contributed by atoms with E-state index in [-0.39, 0.29) is 11.5 Å². The molecule has 1 rings (SSSR count). The maximum Gasteiger partial charge on any atom is 0.228 e. The highest BCUT2D eigenvalue weighted by Crippen LogP contribution is 2.04. The van der Waals surface area contributed by atoms with E-state index in [4.69, 9.17) is 5.73 Å². The van der Waals surface area contributed by atoms with Gasteiger partial charge in [-0.25, -0.2) is 0 Å². The maximum absolute atomic E-state index is 11.4. The Morgan fingerprint density at radius 1 is 1.46 bits per heavy atom. The summed E-state index contributed by atoms with van der Waals surface area (Å²) in [5.41, 5.74) is 5.26. The highest BCUT2D eigenvalue weighted by atomic mass is 16.2. The zero-order valence-corrected chi connectivity index (χ0v) is 7.23. The predicted octanol–water partition coefficient (Wildman–Crippen LogP) is 0.386. The third-order valence-corrected chi connectivity index (χ3v) is 1.74. The van der Waals surface area contributed by atoms with Crippen LogP contribution in [0.25, 0.3) is 0 Å². The Morgan fingerprint density at radius 3 is 2.62 bits per heavy atom. The number of ketones is 1. The summed E-state index contributed by atoms with van der Waals surface area (Å²) in [6.45, 7) is 1.47. The topological polar surface area (TPSA) is 73.1 Å². The average molecular weight is 178 g/mol. The summed E-state index contributed by atoms with van der Waals surface area (Å²) in [6, 6.07) is 4.95. The van der Waals surface area contributed by atoms with Crippen LogP contribution in [0.4, 0.5) is 0 Å². The van der Waals surface area contributed by atoms with Gasteiger partial charge in [0.2, 0.25) is 5.91 Å². The molecular formula is C9H10N2O2. The highest BCUT2D eigenvalue weighted by Gasteiger charge is 2.20. The van der Waals surface area contributed by atoms with Crippen molar-refractivity contribution in [2.24, 2.45) is 11.7 Å². The summed E-state index contributed by atoms with van der Waals surface area (Å²) in [6.07, 6.45) is 1.50. The first-order chi connectivity index (χ1) is 6.13. The number of carbonyl (C=O) groups excluding carboxylic acids is 2. The standard InChI is InChI=1S/C9H10N2O2/c1-6(9(10)13)8(12)7-4-2-3-5-11-7/h2-6H,1H3,(H2,10,13). The van der Waals surface area contributed by atoms with Crippen molar-refractivity contribution in [1.82, 2.24) is 4.98 Å². The Hall–Kier alpha value is -1.71. The molecule has 1 atom stereocenters. The van der Waals surface area contributed by atoms with Gasteiger partial charge < -0.3 is 5.73 Å². The number of primary amides is 1. The lowest BCUT2D eigenvalue weighted by Gasteiger charge is -2.04. The van der Waals surface area contributed by atoms with Gasteiger partial charge in [0.25, 0.3) is 0 Å². The molecule has 0 spiro atoms. The molecule has 13 heavy (non-hydrogen) atoms. The molecule has 4 heteroatoms. The summed E-state index contributed by atoms with van der Waals surface area (Å²) in [4.78, 5) is 25.9. The second kappa shape index (κ2) is 3.80. The lowest BCUT2D eigenvalue weighted by Crippen LogP contribution is -2.28. The number of nitrogens with zero attached hydrogens (tertiary/aromatic N) is 1. The number of Topliss-reactive ketones (excluding diaryl/α,β-unsaturated/α-hetero) is 1. The van der Waals surface area contributed by atoms with E-state index in [0.717, 1.165) is 0 Å². The molecule has 1 unspecified atom stereocenters. The van der Waals surface area contributed by atoms with Crippen LogP contribution < -0.4 is 5.73 Å². The van der Waals surface area contributed by atoms with E-state index in [0.29, 0.717) is 0 Å². The van der Waals surface area contributed by atoms with Crippen LogP contribution in [0, 0.1) is 5.92 Å². The summed E-state index contributed by atoms with van der Waals surface area (Å²) in [5.74, 6) is -1.78. The van der Waals surface area contributed by atoms with E-state index < -0.39 is 11.8 Å². The Morgan fingerprint density at radius 2 is 2.15 bits per heavy atom. The smallest absolute Gasteiger partial charge is 0.228 e. The molecule has 0 saturated carbocycles. The number of hydrogen-bond acceptors (Lipinski definition) is 3. The van der Waals surface area contributed by atoms with Crippen LogP contribution in [-0.2, 0) is 4.79 Å². The van der Waals surface area contributed by atoms with Crippen LogP contribution in [0.15, 0.2) is 24.4 Å². The van der Waals surface area contributed by atoms with Crippen LogP contribution in [0.2, 0.25) is 0 Å². The second-order valence-electron chi connectivity index (χ2n) is 2.70. The molecule has 1 aromatic heterocycles. The van der Waals surface area contributed by atoms with Crippen molar-refractivity contribution in [2.75, 3.05) is 0 Å². The average Bonchev–Trinajstić information content (AvgIpc) is 2.17. The van der Waals surface area contributed by atoms with E-state index >= 15 is 0 Å². The maximum atomic E-state index is 11.4. The minimum Gasteiger partial charge on any atom is -0.369 e. The van der Waals surface area contributed by atoms with Crippen molar-refractivity contribution in [1.29, 1.82) is 0 Å². The Kier molecular flexibility index (Phi) is 2.74. The van der Waals surface area contributed by atoms with Crippen molar-refractivity contribution in [3.05, 3.63) is 30.1 Å². The van der Waals surface area contributed by atoms with E-state index in [1.807, 2.05) is 0 Å². The van der Waals surface area contributed by atoms with Gasteiger partial charge in [0.1, 0.15) is 5.69 Å². The molecule has 1 heterocycles. The molecule has 0 aliphatic heterocycles. The summed E-state index contributed by atoms with van der Waals surface area (Å²) in [5, 5.41) is 0. The molecule has 0 fully saturated rings. The van der Waals surface area contributed by atoms with E-state index in [9.17, 15) is 9.59 Å². The number of aromatic nitrogens is 1. The molecule has 2 N–H and O–H groups in total. The Balaban J connectivity index is 2.86. The van der Waals surface area contributed by atoms with E-state index in [1.165, 1.54) is 13.1 Å². The number of carbonyl (C=O) groups is 2. The monoisotopic (exact) mass is 178 g/mol. The number of hydrogen-bond donors (Lipinski definition) is 1. The minimum absolute atomic E-state index is 0.272. The van der Waals surface area contributed by atoms with Gasteiger partial charge in [0, 0.05) is 6.20 Å². The van der Waals surface area contributed by atoms with Gasteiger partial charge in [0.05, 0.1) is 5.92 Å². The normalized spacial score (nSPS) is 12.1. The second-order valence-corrected chi connectivity index (χ2v) is 2.70. The first-order valence-corrected chi connectivity index (χ1v) is 3.87. The minimum atomic E-state index is -0.810. The van der Waals surface area contributed by atoms with Crippen molar-refractivity contribution >= 4 is 11.7 Å². The van der Waals surface area contributed by atoms with Crippen LogP contribution >= 0.6 is 0 Å². The molecule has 4 nitrogen and oxygen atoms in total. The first kappa shape index (κ1) is 9.38. The fourth-order valence-corrected chi connectivity index (χ4v) is 0.860. The van der Waals surface area contributed by atoms with E-state index in [1.54, 1.807) is 18.2 Å².